The zero-order chi connectivity index (χ0) is 19.0. The van der Waals surface area contributed by atoms with Crippen LogP contribution in [0.5, 0.6) is 0 Å². The van der Waals surface area contributed by atoms with Crippen LogP contribution in [0.2, 0.25) is 0 Å². The predicted octanol–water partition coefficient (Wildman–Crippen LogP) is 2.44. The van der Waals surface area contributed by atoms with Crippen LogP contribution < -0.4 is 4.90 Å². The molecule has 0 unspecified atom stereocenters. The van der Waals surface area contributed by atoms with Gasteiger partial charge < -0.3 is 14.5 Å². The molecule has 1 spiro atoms. The molecule has 2 saturated heterocycles. The van der Waals surface area contributed by atoms with Crippen LogP contribution in [0.25, 0.3) is 0 Å². The second-order valence-corrected chi connectivity index (χ2v) is 8.00. The molecule has 1 aromatic carbocycles. The molecule has 0 aromatic heterocycles. The third kappa shape index (κ3) is 3.33. The molecule has 1 aromatic rings. The Morgan fingerprint density at radius 3 is 2.44 bits per heavy atom. The highest BCUT2D eigenvalue weighted by Crippen LogP contribution is 2.45. The molecule has 0 radical (unpaired) electrons. The molecule has 2 heterocycles. The van der Waals surface area contributed by atoms with Gasteiger partial charge in [-0.15, -0.1) is 0 Å². The molecule has 1 aliphatic carbocycles. The summed E-state index contributed by atoms with van der Waals surface area (Å²) in [6.45, 7) is 3.03. The van der Waals surface area contributed by atoms with Gasteiger partial charge in [0.25, 0.3) is 0 Å². The Morgan fingerprint density at radius 2 is 1.78 bits per heavy atom. The Balaban J connectivity index is 1.46. The lowest BCUT2D eigenvalue weighted by Gasteiger charge is -2.40. The van der Waals surface area contributed by atoms with E-state index in [4.69, 9.17) is 4.74 Å². The summed E-state index contributed by atoms with van der Waals surface area (Å²) >= 11 is 0. The van der Waals surface area contributed by atoms with E-state index in [0.717, 1.165) is 43.4 Å². The lowest BCUT2D eigenvalue weighted by molar-refractivity contribution is -0.156. The molecule has 0 bridgehead atoms. The molecule has 144 valence electrons. The van der Waals surface area contributed by atoms with Crippen molar-refractivity contribution in [1.82, 2.24) is 4.90 Å². The second-order valence-electron chi connectivity index (χ2n) is 8.00. The number of ether oxygens (including phenoxy) is 1. The first-order valence-corrected chi connectivity index (χ1v) is 9.86. The van der Waals surface area contributed by atoms with Crippen molar-refractivity contribution in [1.29, 1.82) is 0 Å². The van der Waals surface area contributed by atoms with Crippen molar-refractivity contribution >= 4 is 23.5 Å². The maximum absolute atomic E-state index is 13.2. The average molecular weight is 370 g/mol. The third-order valence-electron chi connectivity index (χ3n) is 6.20. The molecular weight excluding hydrogens is 344 g/mol. The van der Waals surface area contributed by atoms with Gasteiger partial charge in [0.15, 0.2) is 0 Å². The number of hydrogen-bond acceptors (Lipinski definition) is 4. The molecule has 3 aliphatic rings. The van der Waals surface area contributed by atoms with Crippen molar-refractivity contribution in [3.05, 3.63) is 29.8 Å². The topological polar surface area (TPSA) is 66.9 Å². The number of rotatable bonds is 2. The molecule has 2 amide bonds. The summed E-state index contributed by atoms with van der Waals surface area (Å²) in [5, 5.41) is 0. The largest absolute Gasteiger partial charge is 0.458 e. The van der Waals surface area contributed by atoms with Crippen LogP contribution in [-0.2, 0) is 19.1 Å². The van der Waals surface area contributed by atoms with Crippen LogP contribution in [0, 0.1) is 12.8 Å². The minimum Gasteiger partial charge on any atom is -0.458 e. The van der Waals surface area contributed by atoms with Gasteiger partial charge in [0.05, 0.1) is 12.3 Å². The first-order valence-electron chi connectivity index (χ1n) is 9.86. The Labute approximate surface area is 159 Å². The van der Waals surface area contributed by atoms with Crippen LogP contribution in [0.1, 0.15) is 44.1 Å². The van der Waals surface area contributed by atoms with E-state index in [-0.39, 0.29) is 30.7 Å². The van der Waals surface area contributed by atoms with Crippen molar-refractivity contribution < 1.29 is 19.1 Å². The SMILES string of the molecule is Cc1ccc(N2CCN(C(=O)[C@@H]3CC(=O)OC34CCCCC4)CC2=O)cc1. The fourth-order valence-electron chi connectivity index (χ4n) is 4.68. The number of esters is 1. The van der Waals surface area contributed by atoms with E-state index in [1.807, 2.05) is 31.2 Å². The summed E-state index contributed by atoms with van der Waals surface area (Å²) in [6, 6.07) is 7.83. The molecule has 27 heavy (non-hydrogen) atoms. The fraction of sp³-hybridized carbons (Fsp3) is 0.571. The average Bonchev–Trinajstić information content (AvgIpc) is 2.98. The molecule has 1 atom stereocenters. The van der Waals surface area contributed by atoms with E-state index in [9.17, 15) is 14.4 Å². The summed E-state index contributed by atoms with van der Waals surface area (Å²) in [5.41, 5.74) is 1.37. The maximum atomic E-state index is 13.2. The second kappa shape index (κ2) is 6.98. The number of amides is 2. The van der Waals surface area contributed by atoms with Crippen molar-refractivity contribution in [2.75, 3.05) is 24.5 Å². The monoisotopic (exact) mass is 370 g/mol. The predicted molar refractivity (Wildman–Crippen MR) is 100 cm³/mol. The summed E-state index contributed by atoms with van der Waals surface area (Å²) in [5.74, 6) is -0.898. The van der Waals surface area contributed by atoms with E-state index in [2.05, 4.69) is 0 Å². The molecule has 6 nitrogen and oxygen atoms in total. The zero-order valence-corrected chi connectivity index (χ0v) is 15.8. The quantitative estimate of drug-likeness (QED) is 0.750. The smallest absolute Gasteiger partial charge is 0.307 e. The first kappa shape index (κ1) is 18.0. The van der Waals surface area contributed by atoms with Crippen molar-refractivity contribution in [2.45, 2.75) is 51.0 Å². The van der Waals surface area contributed by atoms with Gasteiger partial charge in [-0.2, -0.15) is 0 Å². The lowest BCUT2D eigenvalue weighted by Crippen LogP contribution is -2.56. The van der Waals surface area contributed by atoms with Gasteiger partial charge in [-0.25, -0.2) is 0 Å². The number of piperazine rings is 1. The molecule has 0 N–H and O–H groups in total. The number of carbonyl (C=O) groups is 3. The van der Waals surface area contributed by atoms with Crippen molar-refractivity contribution in [2.24, 2.45) is 5.92 Å². The highest BCUT2D eigenvalue weighted by Gasteiger charge is 2.54. The van der Waals surface area contributed by atoms with Crippen LogP contribution in [0.3, 0.4) is 0 Å². The molecule has 6 heteroatoms. The van der Waals surface area contributed by atoms with Gasteiger partial charge in [0, 0.05) is 18.8 Å². The zero-order valence-electron chi connectivity index (χ0n) is 15.8. The minimum absolute atomic E-state index is 0.0630. The molecule has 3 fully saturated rings. The molecule has 4 rings (SSSR count). The van der Waals surface area contributed by atoms with Crippen LogP contribution in [-0.4, -0.2) is 47.9 Å². The van der Waals surface area contributed by atoms with E-state index in [1.165, 1.54) is 0 Å². The van der Waals surface area contributed by atoms with Crippen molar-refractivity contribution in [3.8, 4) is 0 Å². The molecule has 1 saturated carbocycles. The number of anilines is 1. The van der Waals surface area contributed by atoms with Crippen LogP contribution >= 0.6 is 0 Å². The van der Waals surface area contributed by atoms with Gasteiger partial charge in [0.1, 0.15) is 12.1 Å². The fourth-order valence-corrected chi connectivity index (χ4v) is 4.68. The maximum Gasteiger partial charge on any atom is 0.307 e. The summed E-state index contributed by atoms with van der Waals surface area (Å²) in [7, 11) is 0. The van der Waals surface area contributed by atoms with Crippen LogP contribution in [0.4, 0.5) is 5.69 Å². The molecule has 2 aliphatic heterocycles. The van der Waals surface area contributed by atoms with E-state index < -0.39 is 11.5 Å². The number of carbonyl (C=O) groups excluding carboxylic acids is 3. The highest BCUT2D eigenvalue weighted by molar-refractivity contribution is 5.99. The Hall–Kier alpha value is -2.37. The summed E-state index contributed by atoms with van der Waals surface area (Å²) in [6.07, 6.45) is 4.74. The number of benzene rings is 1. The van der Waals surface area contributed by atoms with E-state index in [0.29, 0.717) is 13.1 Å². The standard InChI is InChI=1S/C21H26N2O4/c1-15-5-7-16(8-6-15)23-12-11-22(14-18(23)24)20(26)17-13-19(25)27-21(17)9-3-2-4-10-21/h5-8,17H,2-4,9-14H2,1H3/t17-/m0/s1. The van der Waals surface area contributed by atoms with Gasteiger partial charge >= 0.3 is 5.97 Å². The molecular formula is C21H26N2O4. The first-order chi connectivity index (χ1) is 13.0. The van der Waals surface area contributed by atoms with E-state index in [1.54, 1.807) is 9.80 Å². The summed E-state index contributed by atoms with van der Waals surface area (Å²) < 4.78 is 5.66. The van der Waals surface area contributed by atoms with E-state index >= 15 is 0 Å². The normalized spacial score (nSPS) is 25.0. The minimum atomic E-state index is -0.635. The number of aryl methyl sites for hydroxylation is 1. The number of hydrogen-bond donors (Lipinski definition) is 0. The Morgan fingerprint density at radius 1 is 1.07 bits per heavy atom. The Bertz CT molecular complexity index is 752. The Kier molecular flexibility index (Phi) is 4.66. The van der Waals surface area contributed by atoms with Crippen LogP contribution in [0.15, 0.2) is 24.3 Å². The van der Waals surface area contributed by atoms with Gasteiger partial charge in [-0.3, -0.25) is 14.4 Å². The third-order valence-corrected chi connectivity index (χ3v) is 6.20. The highest BCUT2D eigenvalue weighted by atomic mass is 16.6. The lowest BCUT2D eigenvalue weighted by atomic mass is 9.75. The van der Waals surface area contributed by atoms with Gasteiger partial charge in [-0.1, -0.05) is 24.1 Å². The summed E-state index contributed by atoms with van der Waals surface area (Å²) in [4.78, 5) is 41.2. The van der Waals surface area contributed by atoms with Gasteiger partial charge in [0.2, 0.25) is 11.8 Å². The van der Waals surface area contributed by atoms with Crippen molar-refractivity contribution in [3.63, 3.8) is 0 Å². The number of nitrogens with zero attached hydrogens (tertiary/aromatic N) is 2. The van der Waals surface area contributed by atoms with Gasteiger partial charge in [-0.05, 0) is 44.7 Å².